The van der Waals surface area contributed by atoms with E-state index in [1.54, 1.807) is 24.3 Å². The number of aromatic hydroxyl groups is 1. The summed E-state index contributed by atoms with van der Waals surface area (Å²) in [7, 11) is 0. The summed E-state index contributed by atoms with van der Waals surface area (Å²) in [5.41, 5.74) is 1.51. The molecule has 2 heterocycles. The van der Waals surface area contributed by atoms with Crippen molar-refractivity contribution in [2.75, 3.05) is 5.32 Å². The smallest absolute Gasteiger partial charge is 0.270 e. The number of hydrogen-bond acceptors (Lipinski definition) is 6. The molecule has 4 N–H and O–H groups in total. The number of H-pyrrole nitrogens is 2. The number of ketones is 1. The number of allylic oxidation sites excluding steroid dienone is 1. The minimum absolute atomic E-state index is 0.121. The van der Waals surface area contributed by atoms with Crippen LogP contribution in [0.15, 0.2) is 52.8 Å². The number of fused-ring (bicyclic) bond motifs is 3. The zero-order valence-electron chi connectivity index (χ0n) is 14.1. The predicted molar refractivity (Wildman–Crippen MR) is 99.3 cm³/mol. The second kappa shape index (κ2) is 5.43. The molecule has 0 amide bonds. The van der Waals surface area contributed by atoms with Gasteiger partial charge in [0.05, 0.1) is 22.1 Å². The van der Waals surface area contributed by atoms with Crippen LogP contribution in [-0.4, -0.2) is 26.0 Å². The molecule has 1 unspecified atom stereocenters. The monoisotopic (exact) mass is 376 g/mol. The molecule has 1 aliphatic carbocycles. The molecule has 0 spiro atoms. The molecular formula is C19H12N4O5. The topological polar surface area (TPSA) is 141 Å². The van der Waals surface area contributed by atoms with Crippen LogP contribution in [-0.2, 0) is 0 Å². The number of phenolic OH excluding ortho intramolecular Hbond substituents is 1. The van der Waals surface area contributed by atoms with Crippen molar-refractivity contribution in [1.82, 2.24) is 10.2 Å². The van der Waals surface area contributed by atoms with Gasteiger partial charge in [-0.15, -0.1) is 0 Å². The fourth-order valence-electron chi connectivity index (χ4n) is 3.92. The molecule has 1 aliphatic heterocycles. The molecule has 1 aromatic heterocycles. The van der Waals surface area contributed by atoms with Crippen molar-refractivity contribution < 1.29 is 14.8 Å². The maximum atomic E-state index is 13.2. The van der Waals surface area contributed by atoms with E-state index in [1.807, 2.05) is 0 Å². The Morgan fingerprint density at radius 1 is 1.04 bits per heavy atom. The second-order valence-corrected chi connectivity index (χ2v) is 6.59. The SMILES string of the molecule is O=C1C2=C(Nc3[nH][nH]c(=O)c3C2c2cc([N+](=O)[O-])ccc2O)c2ccccc21. The van der Waals surface area contributed by atoms with E-state index in [9.17, 15) is 24.8 Å². The van der Waals surface area contributed by atoms with Gasteiger partial charge in [0, 0.05) is 34.4 Å². The van der Waals surface area contributed by atoms with E-state index >= 15 is 0 Å². The van der Waals surface area contributed by atoms with Crippen LogP contribution in [0, 0.1) is 10.1 Å². The van der Waals surface area contributed by atoms with E-state index in [-0.39, 0.29) is 33.9 Å². The molecule has 3 aromatic rings. The minimum atomic E-state index is -0.957. The van der Waals surface area contributed by atoms with Crippen LogP contribution in [0.1, 0.15) is 33.0 Å². The Hall–Kier alpha value is -4.14. The lowest BCUT2D eigenvalue weighted by atomic mass is 9.81. The molecular weight excluding hydrogens is 364 g/mol. The van der Waals surface area contributed by atoms with Gasteiger partial charge in [0.15, 0.2) is 5.78 Å². The van der Waals surface area contributed by atoms with Crippen LogP contribution in [0.25, 0.3) is 5.70 Å². The van der Waals surface area contributed by atoms with Crippen molar-refractivity contribution in [2.45, 2.75) is 5.92 Å². The fraction of sp³-hybridized carbons (Fsp3) is 0.0526. The fourth-order valence-corrected chi connectivity index (χ4v) is 3.92. The molecule has 1 atom stereocenters. The highest BCUT2D eigenvalue weighted by Gasteiger charge is 2.43. The average Bonchev–Trinajstić information content (AvgIpc) is 3.20. The van der Waals surface area contributed by atoms with Crippen molar-refractivity contribution in [1.29, 1.82) is 0 Å². The number of phenols is 1. The first-order valence-corrected chi connectivity index (χ1v) is 8.40. The number of hydrogen-bond donors (Lipinski definition) is 4. The van der Waals surface area contributed by atoms with Gasteiger partial charge >= 0.3 is 0 Å². The van der Waals surface area contributed by atoms with Crippen molar-refractivity contribution in [3.8, 4) is 5.75 Å². The van der Waals surface area contributed by atoms with Crippen LogP contribution >= 0.6 is 0 Å². The Morgan fingerprint density at radius 2 is 1.79 bits per heavy atom. The summed E-state index contributed by atoms with van der Waals surface area (Å²) in [4.78, 5) is 36.3. The standard InChI is InChI=1S/C19H12N4O5/c24-12-6-5-8(23(27)28)7-11(12)13-14-16(20-18-15(13)19(26)22-21-18)9-3-1-2-4-10(9)17(14)25/h1-7,13,24H,(H3,20,21,22,26). The first-order valence-electron chi connectivity index (χ1n) is 8.40. The Balaban J connectivity index is 1.82. The molecule has 138 valence electrons. The van der Waals surface area contributed by atoms with E-state index in [4.69, 9.17) is 0 Å². The van der Waals surface area contributed by atoms with Gasteiger partial charge in [0.2, 0.25) is 0 Å². The number of nitrogens with zero attached hydrogens (tertiary/aromatic N) is 1. The van der Waals surface area contributed by atoms with E-state index in [2.05, 4.69) is 15.5 Å². The molecule has 2 aliphatic rings. The summed E-state index contributed by atoms with van der Waals surface area (Å²) in [6, 6.07) is 10.6. The summed E-state index contributed by atoms with van der Waals surface area (Å²) < 4.78 is 0. The largest absolute Gasteiger partial charge is 0.508 e. The van der Waals surface area contributed by atoms with Crippen molar-refractivity contribution in [3.63, 3.8) is 0 Å². The van der Waals surface area contributed by atoms with Gasteiger partial charge in [-0.25, -0.2) is 0 Å². The number of aromatic nitrogens is 2. The van der Waals surface area contributed by atoms with Crippen LogP contribution in [0.4, 0.5) is 11.5 Å². The molecule has 5 rings (SSSR count). The number of carbonyl (C=O) groups is 1. The lowest BCUT2D eigenvalue weighted by molar-refractivity contribution is -0.384. The summed E-state index contributed by atoms with van der Waals surface area (Å²) >= 11 is 0. The van der Waals surface area contributed by atoms with Gasteiger partial charge in [0.1, 0.15) is 11.6 Å². The highest BCUT2D eigenvalue weighted by Crippen LogP contribution is 2.49. The normalized spacial score (nSPS) is 17.0. The Morgan fingerprint density at radius 3 is 2.54 bits per heavy atom. The third-order valence-electron chi connectivity index (χ3n) is 5.13. The average molecular weight is 376 g/mol. The van der Waals surface area contributed by atoms with E-state index in [0.717, 1.165) is 0 Å². The first-order chi connectivity index (χ1) is 13.5. The van der Waals surface area contributed by atoms with Gasteiger partial charge in [-0.1, -0.05) is 24.3 Å². The van der Waals surface area contributed by atoms with Crippen LogP contribution < -0.4 is 10.9 Å². The highest BCUT2D eigenvalue weighted by molar-refractivity contribution is 6.23. The van der Waals surface area contributed by atoms with Crippen LogP contribution in [0.3, 0.4) is 0 Å². The Labute approximate surface area is 156 Å². The molecule has 28 heavy (non-hydrogen) atoms. The van der Waals surface area contributed by atoms with Crippen molar-refractivity contribution in [2.24, 2.45) is 0 Å². The molecule has 9 heteroatoms. The Kier molecular flexibility index (Phi) is 3.11. The number of Topliss-reactive ketones (excluding diaryl/α,β-unsaturated/α-hetero) is 1. The van der Waals surface area contributed by atoms with Gasteiger partial charge in [0.25, 0.3) is 11.2 Å². The summed E-state index contributed by atoms with van der Waals surface area (Å²) in [5.74, 6) is -1.13. The third-order valence-corrected chi connectivity index (χ3v) is 5.13. The number of carbonyl (C=O) groups excluding carboxylic acids is 1. The number of non-ortho nitro benzene ring substituents is 1. The molecule has 9 nitrogen and oxygen atoms in total. The van der Waals surface area contributed by atoms with E-state index < -0.39 is 16.4 Å². The Bertz CT molecular complexity index is 1280. The molecule has 0 saturated heterocycles. The van der Waals surface area contributed by atoms with Gasteiger partial charge in [-0.2, -0.15) is 0 Å². The van der Waals surface area contributed by atoms with Crippen molar-refractivity contribution >= 4 is 23.0 Å². The third kappa shape index (κ3) is 2.01. The number of benzene rings is 2. The van der Waals surface area contributed by atoms with Crippen LogP contribution in [0.2, 0.25) is 0 Å². The van der Waals surface area contributed by atoms with E-state index in [1.165, 1.54) is 18.2 Å². The maximum Gasteiger partial charge on any atom is 0.270 e. The zero-order valence-corrected chi connectivity index (χ0v) is 14.1. The molecule has 0 saturated carbocycles. The number of rotatable bonds is 2. The number of aromatic amines is 2. The number of anilines is 1. The lowest BCUT2D eigenvalue weighted by Crippen LogP contribution is -2.23. The molecule has 0 fully saturated rings. The van der Waals surface area contributed by atoms with Gasteiger partial charge in [-0.05, 0) is 6.07 Å². The summed E-state index contributed by atoms with van der Waals surface area (Å²) in [5, 5.41) is 30.0. The predicted octanol–water partition coefficient (Wildman–Crippen LogP) is 2.48. The second-order valence-electron chi connectivity index (χ2n) is 6.59. The summed E-state index contributed by atoms with van der Waals surface area (Å²) in [6.07, 6.45) is 0. The van der Waals surface area contributed by atoms with Crippen LogP contribution in [0.5, 0.6) is 5.75 Å². The minimum Gasteiger partial charge on any atom is -0.508 e. The summed E-state index contributed by atoms with van der Waals surface area (Å²) in [6.45, 7) is 0. The zero-order chi connectivity index (χ0) is 19.6. The molecule has 0 bridgehead atoms. The first kappa shape index (κ1) is 16.1. The van der Waals surface area contributed by atoms with Crippen molar-refractivity contribution in [3.05, 3.63) is 90.8 Å². The molecule has 0 radical (unpaired) electrons. The molecule has 2 aromatic carbocycles. The number of nitro benzene ring substituents is 1. The number of nitrogens with one attached hydrogen (secondary N) is 3. The number of nitro groups is 1. The van der Waals surface area contributed by atoms with Gasteiger partial charge < -0.3 is 10.4 Å². The van der Waals surface area contributed by atoms with Gasteiger partial charge in [-0.3, -0.25) is 29.9 Å². The lowest BCUT2D eigenvalue weighted by Gasteiger charge is -2.25. The maximum absolute atomic E-state index is 13.2. The van der Waals surface area contributed by atoms with E-state index in [0.29, 0.717) is 22.6 Å². The highest BCUT2D eigenvalue weighted by atomic mass is 16.6. The quantitative estimate of drug-likeness (QED) is 0.400.